The molecule has 72 valence electrons. The molecule has 2 aromatic rings. The second-order valence-corrected chi connectivity index (χ2v) is 3.33. The summed E-state index contributed by atoms with van der Waals surface area (Å²) in [7, 11) is 0.342. The number of rotatable bonds is 1. The van der Waals surface area contributed by atoms with Gasteiger partial charge in [0, 0.05) is 17.9 Å². The number of para-hydroxylation sites is 1. The van der Waals surface area contributed by atoms with Gasteiger partial charge in [0.2, 0.25) is 0 Å². The molecule has 14 heavy (non-hydrogen) atoms. The van der Waals surface area contributed by atoms with Gasteiger partial charge >= 0.3 is 7.12 Å². The van der Waals surface area contributed by atoms with Gasteiger partial charge in [0.1, 0.15) is 0 Å². The van der Waals surface area contributed by atoms with Crippen molar-refractivity contribution in [3.63, 3.8) is 0 Å². The molecule has 0 aliphatic heterocycles. The van der Waals surface area contributed by atoms with E-state index in [1.165, 1.54) is 0 Å². The molecule has 0 saturated heterocycles. The van der Waals surface area contributed by atoms with Crippen molar-refractivity contribution in [2.24, 2.45) is 7.05 Å². The van der Waals surface area contributed by atoms with Crippen LogP contribution in [-0.2, 0) is 7.05 Å². The van der Waals surface area contributed by atoms with Crippen LogP contribution in [0.5, 0.6) is 0 Å². The number of nitrogens with zero attached hydrogens (tertiary/aromatic N) is 2. The second kappa shape index (κ2) is 3.11. The van der Waals surface area contributed by atoms with E-state index in [4.69, 9.17) is 10.0 Å². The number of benzene rings is 1. The Balaban J connectivity index is 2.85. The molecule has 0 spiro atoms. The van der Waals surface area contributed by atoms with Crippen molar-refractivity contribution in [2.45, 2.75) is 6.92 Å². The van der Waals surface area contributed by atoms with Crippen molar-refractivity contribution in [2.75, 3.05) is 0 Å². The topological polar surface area (TPSA) is 58.3 Å². The third-order valence-corrected chi connectivity index (χ3v) is 2.36. The highest BCUT2D eigenvalue weighted by atomic mass is 16.4. The Morgan fingerprint density at radius 2 is 2.07 bits per heavy atom. The Morgan fingerprint density at radius 1 is 1.36 bits per heavy atom. The molecule has 0 bridgehead atoms. The Labute approximate surface area is 81.9 Å². The molecule has 0 fully saturated rings. The molecule has 0 saturated carbocycles. The van der Waals surface area contributed by atoms with Crippen LogP contribution in [-0.4, -0.2) is 26.9 Å². The Hall–Kier alpha value is -1.33. The van der Waals surface area contributed by atoms with Gasteiger partial charge in [-0.05, 0) is 6.92 Å². The minimum atomic E-state index is -1.45. The summed E-state index contributed by atoms with van der Waals surface area (Å²) in [5.41, 5.74) is 2.16. The monoisotopic (exact) mass is 190 g/mol. The van der Waals surface area contributed by atoms with Crippen LogP contribution in [0.15, 0.2) is 18.2 Å². The molecule has 0 aliphatic carbocycles. The number of aromatic nitrogens is 2. The first kappa shape index (κ1) is 9.24. The van der Waals surface area contributed by atoms with Crippen molar-refractivity contribution in [1.82, 2.24) is 9.78 Å². The molecule has 1 aromatic carbocycles. The van der Waals surface area contributed by atoms with Gasteiger partial charge < -0.3 is 10.0 Å². The van der Waals surface area contributed by atoms with Gasteiger partial charge in [-0.3, -0.25) is 4.68 Å². The highest BCUT2D eigenvalue weighted by Gasteiger charge is 2.17. The summed E-state index contributed by atoms with van der Waals surface area (Å²) in [4.78, 5) is 0. The zero-order chi connectivity index (χ0) is 10.3. The van der Waals surface area contributed by atoms with Crippen LogP contribution in [0.25, 0.3) is 10.9 Å². The molecule has 4 nitrogen and oxygen atoms in total. The highest BCUT2D eigenvalue weighted by molar-refractivity contribution is 6.61. The smallest absolute Gasteiger partial charge is 0.423 e. The number of aryl methyl sites for hydroxylation is 2. The van der Waals surface area contributed by atoms with Crippen molar-refractivity contribution in [1.29, 1.82) is 0 Å². The highest BCUT2D eigenvalue weighted by Crippen LogP contribution is 2.14. The average molecular weight is 190 g/mol. The number of hydrogen-bond donors (Lipinski definition) is 2. The predicted molar refractivity (Wildman–Crippen MR) is 55.3 cm³/mol. The van der Waals surface area contributed by atoms with Crippen LogP contribution < -0.4 is 5.46 Å². The largest absolute Gasteiger partial charge is 0.490 e. The maximum absolute atomic E-state index is 9.17. The van der Waals surface area contributed by atoms with E-state index in [0.29, 0.717) is 5.46 Å². The normalized spacial score (nSPS) is 10.9. The van der Waals surface area contributed by atoms with Crippen LogP contribution in [0.3, 0.4) is 0 Å². The van der Waals surface area contributed by atoms with Crippen LogP contribution in [0, 0.1) is 6.92 Å². The summed E-state index contributed by atoms with van der Waals surface area (Å²) in [6.45, 7) is 1.90. The standard InChI is InChI=1S/C9H11BN2O2/c1-6-7-4-3-5-8(10(13)14)9(7)12(2)11-6/h3-5,13-14H,1-2H3. The summed E-state index contributed by atoms with van der Waals surface area (Å²) in [5, 5.41) is 23.5. The van der Waals surface area contributed by atoms with Crippen LogP contribution in [0.4, 0.5) is 0 Å². The lowest BCUT2D eigenvalue weighted by Crippen LogP contribution is -2.31. The minimum Gasteiger partial charge on any atom is -0.423 e. The van der Waals surface area contributed by atoms with E-state index >= 15 is 0 Å². The maximum Gasteiger partial charge on any atom is 0.490 e. The van der Waals surface area contributed by atoms with Crippen molar-refractivity contribution >= 4 is 23.5 Å². The zero-order valence-electron chi connectivity index (χ0n) is 8.10. The molecule has 0 atom stereocenters. The molecule has 0 amide bonds. The average Bonchev–Trinajstić information content (AvgIpc) is 2.43. The van der Waals surface area contributed by atoms with Gasteiger partial charge in [0.05, 0.1) is 11.2 Å². The van der Waals surface area contributed by atoms with Crippen molar-refractivity contribution in [3.05, 3.63) is 23.9 Å². The fraction of sp³-hybridized carbons (Fsp3) is 0.222. The molecule has 0 aliphatic rings. The molecule has 1 heterocycles. The lowest BCUT2D eigenvalue weighted by atomic mass is 9.79. The van der Waals surface area contributed by atoms with Gasteiger partial charge in [0.25, 0.3) is 0 Å². The zero-order valence-corrected chi connectivity index (χ0v) is 8.10. The molecule has 2 rings (SSSR count). The van der Waals surface area contributed by atoms with Gasteiger partial charge in [-0.1, -0.05) is 18.2 Å². The fourth-order valence-corrected chi connectivity index (χ4v) is 1.75. The molecule has 2 N–H and O–H groups in total. The Bertz CT molecular complexity index is 479. The van der Waals surface area contributed by atoms with Crippen LogP contribution in [0.2, 0.25) is 0 Å². The lowest BCUT2D eigenvalue weighted by molar-refractivity contribution is 0.426. The van der Waals surface area contributed by atoms with E-state index in [0.717, 1.165) is 16.6 Å². The summed E-state index contributed by atoms with van der Waals surface area (Å²) in [6.07, 6.45) is 0. The predicted octanol–water partition coefficient (Wildman–Crippen LogP) is -0.438. The van der Waals surface area contributed by atoms with E-state index < -0.39 is 7.12 Å². The quantitative estimate of drug-likeness (QED) is 0.599. The minimum absolute atomic E-state index is 0.491. The van der Waals surface area contributed by atoms with E-state index in [9.17, 15) is 0 Å². The molecule has 0 unspecified atom stereocenters. The van der Waals surface area contributed by atoms with Gasteiger partial charge in [-0.2, -0.15) is 5.10 Å². The van der Waals surface area contributed by atoms with Crippen LogP contribution in [0.1, 0.15) is 5.69 Å². The summed E-state index contributed by atoms with van der Waals surface area (Å²) < 4.78 is 1.67. The van der Waals surface area contributed by atoms with E-state index in [-0.39, 0.29) is 0 Å². The first-order chi connectivity index (χ1) is 6.61. The molecule has 1 aromatic heterocycles. The number of fused-ring (bicyclic) bond motifs is 1. The maximum atomic E-state index is 9.17. The van der Waals surface area contributed by atoms with E-state index in [2.05, 4.69) is 5.10 Å². The lowest BCUT2D eigenvalue weighted by Gasteiger charge is -2.02. The van der Waals surface area contributed by atoms with E-state index in [1.54, 1.807) is 23.9 Å². The summed E-state index contributed by atoms with van der Waals surface area (Å²) in [6, 6.07) is 5.41. The number of hydrogen-bond acceptors (Lipinski definition) is 3. The third-order valence-electron chi connectivity index (χ3n) is 2.36. The molecular weight excluding hydrogens is 179 g/mol. The third kappa shape index (κ3) is 1.22. The second-order valence-electron chi connectivity index (χ2n) is 3.33. The molecule has 5 heteroatoms. The summed E-state index contributed by atoms with van der Waals surface area (Å²) in [5.74, 6) is 0. The Kier molecular flexibility index (Phi) is 2.05. The first-order valence-corrected chi connectivity index (χ1v) is 4.39. The van der Waals surface area contributed by atoms with E-state index in [1.807, 2.05) is 13.0 Å². The first-order valence-electron chi connectivity index (χ1n) is 4.39. The molecular formula is C9H11BN2O2. The van der Waals surface area contributed by atoms with Crippen molar-refractivity contribution < 1.29 is 10.0 Å². The molecule has 0 radical (unpaired) electrons. The van der Waals surface area contributed by atoms with Gasteiger partial charge in [-0.25, -0.2) is 0 Å². The SMILES string of the molecule is Cc1nn(C)c2c(B(O)O)cccc12. The van der Waals surface area contributed by atoms with Crippen LogP contribution >= 0.6 is 0 Å². The van der Waals surface area contributed by atoms with Gasteiger partial charge in [-0.15, -0.1) is 0 Å². The summed E-state index contributed by atoms with van der Waals surface area (Å²) >= 11 is 0. The Morgan fingerprint density at radius 3 is 2.71 bits per heavy atom. The van der Waals surface area contributed by atoms with Gasteiger partial charge in [0.15, 0.2) is 0 Å². The fourth-order valence-electron chi connectivity index (χ4n) is 1.75. The van der Waals surface area contributed by atoms with Crippen molar-refractivity contribution in [3.8, 4) is 0 Å².